The van der Waals surface area contributed by atoms with Crippen LogP contribution < -0.4 is 0 Å². The molecule has 17 heavy (non-hydrogen) atoms. The topological polar surface area (TPSA) is 54.9 Å². The van der Waals surface area contributed by atoms with Crippen LogP contribution in [0.2, 0.25) is 5.15 Å². The van der Waals surface area contributed by atoms with Gasteiger partial charge in [-0.15, -0.1) is 0 Å². The third-order valence-electron chi connectivity index (χ3n) is 2.81. The van der Waals surface area contributed by atoms with Gasteiger partial charge in [-0.2, -0.15) is 15.3 Å². The average Bonchev–Trinajstić information content (AvgIpc) is 2.70. The van der Waals surface area contributed by atoms with Gasteiger partial charge in [-0.25, -0.2) is 9.50 Å². The van der Waals surface area contributed by atoms with Gasteiger partial charge in [-0.05, 0) is 36.7 Å². The quantitative estimate of drug-likeness (QED) is 0.743. The van der Waals surface area contributed by atoms with Crippen molar-refractivity contribution >= 4 is 38.9 Å². The fourth-order valence-electron chi connectivity index (χ4n) is 1.98. The number of hydrogen-bond acceptors (Lipinski definition) is 4. The van der Waals surface area contributed by atoms with Gasteiger partial charge in [0.15, 0.2) is 10.8 Å². The van der Waals surface area contributed by atoms with Crippen LogP contribution in [0.25, 0.3) is 5.65 Å². The standard InChI is InChI=1S/C10H9BrClN5/c1-4-7(11)17-9(13-4)5-6(8(12)15-17)14-16-10(5,2)3/h1-3H3. The molecule has 5 nitrogen and oxygen atoms in total. The van der Waals surface area contributed by atoms with Gasteiger partial charge < -0.3 is 0 Å². The van der Waals surface area contributed by atoms with E-state index in [2.05, 4.69) is 36.2 Å². The molecule has 3 rings (SSSR count). The normalized spacial score (nSPS) is 16.8. The van der Waals surface area contributed by atoms with E-state index in [1.807, 2.05) is 20.8 Å². The predicted octanol–water partition coefficient (Wildman–Crippen LogP) is 3.79. The van der Waals surface area contributed by atoms with Crippen LogP contribution in [-0.2, 0) is 5.54 Å². The van der Waals surface area contributed by atoms with Crippen LogP contribution in [-0.4, -0.2) is 14.6 Å². The zero-order valence-electron chi connectivity index (χ0n) is 9.49. The maximum atomic E-state index is 6.12. The van der Waals surface area contributed by atoms with Crippen LogP contribution in [0.5, 0.6) is 0 Å². The number of aryl methyl sites for hydroxylation is 1. The second kappa shape index (κ2) is 3.26. The van der Waals surface area contributed by atoms with E-state index in [1.54, 1.807) is 4.52 Å². The van der Waals surface area contributed by atoms with Gasteiger partial charge >= 0.3 is 0 Å². The first-order valence-corrected chi connectivity index (χ1v) is 6.26. The Labute approximate surface area is 111 Å². The number of rotatable bonds is 0. The molecule has 0 aromatic carbocycles. The molecule has 0 N–H and O–H groups in total. The number of halogens is 2. The maximum absolute atomic E-state index is 6.12. The van der Waals surface area contributed by atoms with E-state index in [-0.39, 0.29) is 0 Å². The lowest BCUT2D eigenvalue weighted by molar-refractivity contribution is 0.556. The Bertz CT molecular complexity index is 673. The van der Waals surface area contributed by atoms with Crippen LogP contribution in [0.15, 0.2) is 14.8 Å². The summed E-state index contributed by atoms with van der Waals surface area (Å²) >= 11 is 9.57. The summed E-state index contributed by atoms with van der Waals surface area (Å²) in [6.45, 7) is 5.88. The summed E-state index contributed by atoms with van der Waals surface area (Å²) in [5.41, 5.74) is 2.75. The smallest absolute Gasteiger partial charge is 0.178 e. The molecular weight excluding hydrogens is 306 g/mol. The lowest BCUT2D eigenvalue weighted by Crippen LogP contribution is -2.12. The second-order valence-corrected chi connectivity index (χ2v) is 5.61. The Morgan fingerprint density at radius 2 is 2.06 bits per heavy atom. The summed E-state index contributed by atoms with van der Waals surface area (Å²) in [5, 5.41) is 12.9. The molecule has 1 aliphatic heterocycles. The van der Waals surface area contributed by atoms with Gasteiger partial charge in [0, 0.05) is 0 Å². The molecule has 0 radical (unpaired) electrons. The van der Waals surface area contributed by atoms with Gasteiger partial charge in [0.2, 0.25) is 0 Å². The Balaban J connectivity index is 2.52. The number of nitrogens with zero attached hydrogens (tertiary/aromatic N) is 5. The van der Waals surface area contributed by atoms with Crippen LogP contribution >= 0.6 is 27.5 Å². The van der Waals surface area contributed by atoms with Crippen LogP contribution in [0.1, 0.15) is 25.1 Å². The fraction of sp³-hybridized carbons (Fsp3) is 0.400. The summed E-state index contributed by atoms with van der Waals surface area (Å²) in [7, 11) is 0. The molecule has 0 spiro atoms. The zero-order valence-corrected chi connectivity index (χ0v) is 11.8. The minimum atomic E-state index is -0.416. The summed E-state index contributed by atoms with van der Waals surface area (Å²) in [6, 6.07) is 0. The van der Waals surface area contributed by atoms with E-state index in [9.17, 15) is 0 Å². The van der Waals surface area contributed by atoms with Crippen molar-refractivity contribution in [3.8, 4) is 0 Å². The minimum absolute atomic E-state index is 0.347. The molecule has 0 aliphatic carbocycles. The van der Waals surface area contributed by atoms with Crippen molar-refractivity contribution in [2.75, 3.05) is 0 Å². The Hall–Kier alpha value is -1.01. The summed E-state index contributed by atoms with van der Waals surface area (Å²) < 4.78 is 2.49. The molecule has 0 fully saturated rings. The molecule has 3 heterocycles. The third kappa shape index (κ3) is 1.37. The molecule has 88 valence electrons. The van der Waals surface area contributed by atoms with E-state index in [1.165, 1.54) is 0 Å². The molecule has 0 atom stereocenters. The number of aromatic nitrogens is 3. The third-order valence-corrected chi connectivity index (χ3v) is 3.98. The number of imidazole rings is 1. The lowest BCUT2D eigenvalue weighted by atomic mass is 9.97. The van der Waals surface area contributed by atoms with E-state index in [4.69, 9.17) is 11.6 Å². The molecule has 0 unspecified atom stereocenters. The summed E-state index contributed by atoms with van der Waals surface area (Å²) in [4.78, 5) is 4.50. The van der Waals surface area contributed by atoms with Crippen LogP contribution in [0, 0.1) is 6.92 Å². The van der Waals surface area contributed by atoms with E-state index < -0.39 is 5.54 Å². The molecule has 7 heteroatoms. The first-order valence-electron chi connectivity index (χ1n) is 5.09. The first kappa shape index (κ1) is 11.1. The molecular formula is C10H9BrClN5. The van der Waals surface area contributed by atoms with Gasteiger partial charge in [0.1, 0.15) is 15.8 Å². The number of azo groups is 1. The maximum Gasteiger partial charge on any atom is 0.178 e. The molecule has 0 saturated carbocycles. The molecule has 0 saturated heterocycles. The highest BCUT2D eigenvalue weighted by Gasteiger charge is 2.35. The summed E-state index contributed by atoms with van der Waals surface area (Å²) in [5.74, 6) is 0. The second-order valence-electron chi connectivity index (χ2n) is 4.50. The van der Waals surface area contributed by atoms with Crippen LogP contribution in [0.4, 0.5) is 5.69 Å². The van der Waals surface area contributed by atoms with E-state index in [0.717, 1.165) is 21.5 Å². The molecule has 2 aromatic heterocycles. The largest absolute Gasteiger partial charge is 0.231 e. The Morgan fingerprint density at radius 3 is 2.76 bits per heavy atom. The monoisotopic (exact) mass is 313 g/mol. The highest BCUT2D eigenvalue weighted by Crippen LogP contribution is 2.45. The van der Waals surface area contributed by atoms with E-state index >= 15 is 0 Å². The zero-order chi connectivity index (χ0) is 12.4. The highest BCUT2D eigenvalue weighted by molar-refractivity contribution is 9.10. The molecule has 0 bridgehead atoms. The number of hydrogen-bond donors (Lipinski definition) is 0. The minimum Gasteiger partial charge on any atom is -0.231 e. The van der Waals surface area contributed by atoms with Crippen molar-refractivity contribution in [1.82, 2.24) is 14.6 Å². The lowest BCUT2D eigenvalue weighted by Gasteiger charge is -2.14. The van der Waals surface area contributed by atoms with Crippen molar-refractivity contribution < 1.29 is 0 Å². The number of fused-ring (bicyclic) bond motifs is 3. The fourth-order valence-corrected chi connectivity index (χ4v) is 2.52. The highest BCUT2D eigenvalue weighted by atomic mass is 79.9. The van der Waals surface area contributed by atoms with Gasteiger partial charge in [0.05, 0.1) is 11.3 Å². The van der Waals surface area contributed by atoms with E-state index in [0.29, 0.717) is 10.8 Å². The van der Waals surface area contributed by atoms with Crippen molar-refractivity contribution in [3.05, 3.63) is 21.0 Å². The van der Waals surface area contributed by atoms with Gasteiger partial charge in [-0.3, -0.25) is 0 Å². The Morgan fingerprint density at radius 1 is 1.35 bits per heavy atom. The van der Waals surface area contributed by atoms with Crippen molar-refractivity contribution in [2.24, 2.45) is 10.2 Å². The first-order chi connectivity index (χ1) is 7.92. The molecule has 1 aliphatic rings. The molecule has 0 amide bonds. The average molecular weight is 315 g/mol. The van der Waals surface area contributed by atoms with Crippen molar-refractivity contribution in [2.45, 2.75) is 26.3 Å². The predicted molar refractivity (Wildman–Crippen MR) is 68.0 cm³/mol. The Kier molecular flexibility index (Phi) is 2.13. The molecule has 2 aromatic rings. The van der Waals surface area contributed by atoms with Crippen molar-refractivity contribution in [3.63, 3.8) is 0 Å². The van der Waals surface area contributed by atoms with Gasteiger partial charge in [-0.1, -0.05) is 11.6 Å². The van der Waals surface area contributed by atoms with Crippen LogP contribution in [0.3, 0.4) is 0 Å². The van der Waals surface area contributed by atoms with Gasteiger partial charge in [0.25, 0.3) is 0 Å². The van der Waals surface area contributed by atoms with Crippen molar-refractivity contribution in [1.29, 1.82) is 0 Å². The summed E-state index contributed by atoms with van der Waals surface area (Å²) in [6.07, 6.45) is 0. The SMILES string of the molecule is Cc1nc2c3c(c(Cl)nn2c1Br)N=NC3(C)C.